The van der Waals surface area contributed by atoms with Gasteiger partial charge in [-0.3, -0.25) is 9.36 Å². The number of nitrogens with one attached hydrogen (secondary N) is 1. The molecule has 25 heavy (non-hydrogen) atoms. The first-order valence-corrected chi connectivity index (χ1v) is 7.98. The van der Waals surface area contributed by atoms with Gasteiger partial charge in [0.05, 0.1) is 18.7 Å². The Morgan fingerprint density at radius 2 is 2.12 bits per heavy atom. The van der Waals surface area contributed by atoms with Crippen LogP contribution in [0.15, 0.2) is 55.2 Å². The number of pyridine rings is 1. The first-order valence-electron chi connectivity index (χ1n) is 7.98. The van der Waals surface area contributed by atoms with Gasteiger partial charge in [0, 0.05) is 24.2 Å². The van der Waals surface area contributed by atoms with Gasteiger partial charge in [-0.2, -0.15) is 0 Å². The summed E-state index contributed by atoms with van der Waals surface area (Å²) in [6, 6.07) is 9.26. The zero-order valence-corrected chi connectivity index (χ0v) is 14.4. The molecule has 6 nitrogen and oxygen atoms in total. The van der Waals surface area contributed by atoms with Crippen LogP contribution in [0.25, 0.3) is 5.82 Å². The molecule has 1 N–H and O–H groups in total. The quantitative estimate of drug-likeness (QED) is 0.777. The maximum absolute atomic E-state index is 12.5. The molecule has 0 spiro atoms. The average molecular weight is 336 g/mol. The molecular weight excluding hydrogens is 316 g/mol. The number of carbonyl (C=O) groups excluding carboxylic acids is 1. The molecule has 128 valence electrons. The molecule has 0 fully saturated rings. The van der Waals surface area contributed by atoms with Gasteiger partial charge in [0.15, 0.2) is 0 Å². The lowest BCUT2D eigenvalue weighted by Gasteiger charge is -2.18. The summed E-state index contributed by atoms with van der Waals surface area (Å²) in [6.07, 6.45) is 6.70. The van der Waals surface area contributed by atoms with E-state index in [0.717, 1.165) is 16.9 Å². The van der Waals surface area contributed by atoms with Crippen LogP contribution >= 0.6 is 0 Å². The highest BCUT2D eigenvalue weighted by molar-refractivity contribution is 5.94. The molecule has 0 aliphatic heterocycles. The Labute approximate surface area is 146 Å². The van der Waals surface area contributed by atoms with E-state index in [1.165, 1.54) is 0 Å². The van der Waals surface area contributed by atoms with Crippen LogP contribution in [0, 0.1) is 6.92 Å². The third-order valence-electron chi connectivity index (χ3n) is 3.98. The first-order chi connectivity index (χ1) is 12.1. The van der Waals surface area contributed by atoms with Crippen molar-refractivity contribution in [1.29, 1.82) is 0 Å². The number of rotatable bonds is 5. The van der Waals surface area contributed by atoms with Crippen molar-refractivity contribution in [1.82, 2.24) is 19.9 Å². The second-order valence-corrected chi connectivity index (χ2v) is 5.82. The normalized spacial score (nSPS) is 11.8. The first kappa shape index (κ1) is 16.7. The molecule has 2 heterocycles. The lowest BCUT2D eigenvalue weighted by Crippen LogP contribution is -2.27. The third kappa shape index (κ3) is 3.68. The topological polar surface area (TPSA) is 69.0 Å². The molecule has 0 saturated carbocycles. The fraction of sp³-hybridized carbons (Fsp3) is 0.211. The van der Waals surface area contributed by atoms with Gasteiger partial charge in [0.25, 0.3) is 5.91 Å². The van der Waals surface area contributed by atoms with E-state index < -0.39 is 0 Å². The molecule has 0 aliphatic carbocycles. The zero-order valence-electron chi connectivity index (χ0n) is 14.4. The third-order valence-corrected chi connectivity index (χ3v) is 3.98. The standard InChI is InChI=1S/C19H20N4O2/c1-13-4-6-17(25-3)16(10-13)14(2)22-19(24)15-5-7-18(21-11-15)23-9-8-20-12-23/h4-12,14H,1-3H3,(H,22,24)/t14-/m1/s1. The van der Waals surface area contributed by atoms with Gasteiger partial charge in [0.1, 0.15) is 17.9 Å². The van der Waals surface area contributed by atoms with Crippen molar-refractivity contribution in [2.24, 2.45) is 0 Å². The number of ether oxygens (including phenoxy) is 1. The monoisotopic (exact) mass is 336 g/mol. The van der Waals surface area contributed by atoms with Crippen molar-refractivity contribution in [2.75, 3.05) is 7.11 Å². The summed E-state index contributed by atoms with van der Waals surface area (Å²) in [5.41, 5.74) is 2.56. The molecule has 1 aromatic carbocycles. The molecule has 3 aromatic rings. The Morgan fingerprint density at radius 3 is 2.76 bits per heavy atom. The molecule has 3 rings (SSSR count). The van der Waals surface area contributed by atoms with E-state index in [1.54, 1.807) is 48.7 Å². The van der Waals surface area contributed by atoms with Gasteiger partial charge in [-0.15, -0.1) is 0 Å². The van der Waals surface area contributed by atoms with Crippen LogP contribution in [0.4, 0.5) is 0 Å². The Hall–Kier alpha value is -3.15. The molecule has 6 heteroatoms. The molecule has 1 amide bonds. The number of imidazole rings is 1. The summed E-state index contributed by atoms with van der Waals surface area (Å²) >= 11 is 0. The predicted octanol–water partition coefficient (Wildman–Crippen LogP) is 3.08. The number of hydrogen-bond donors (Lipinski definition) is 1. The van der Waals surface area contributed by atoms with Crippen LogP contribution in [-0.2, 0) is 0 Å². The maximum atomic E-state index is 12.5. The van der Waals surface area contributed by atoms with Gasteiger partial charge in [0.2, 0.25) is 0 Å². The second-order valence-electron chi connectivity index (χ2n) is 5.82. The average Bonchev–Trinajstić information content (AvgIpc) is 3.16. The minimum Gasteiger partial charge on any atom is -0.496 e. The van der Waals surface area contributed by atoms with Crippen molar-refractivity contribution >= 4 is 5.91 Å². The largest absolute Gasteiger partial charge is 0.496 e. The summed E-state index contributed by atoms with van der Waals surface area (Å²) in [7, 11) is 1.63. The van der Waals surface area contributed by atoms with E-state index in [-0.39, 0.29) is 11.9 Å². The molecule has 0 unspecified atom stereocenters. The second kappa shape index (κ2) is 7.17. The van der Waals surface area contributed by atoms with E-state index in [1.807, 2.05) is 32.0 Å². The molecular formula is C19H20N4O2. The summed E-state index contributed by atoms with van der Waals surface area (Å²) < 4.78 is 7.17. The molecule has 0 saturated heterocycles. The highest BCUT2D eigenvalue weighted by Crippen LogP contribution is 2.26. The van der Waals surface area contributed by atoms with Crippen LogP contribution in [-0.4, -0.2) is 27.6 Å². The van der Waals surface area contributed by atoms with Gasteiger partial charge < -0.3 is 10.1 Å². The summed E-state index contributed by atoms with van der Waals surface area (Å²) in [6.45, 7) is 3.94. The predicted molar refractivity (Wildman–Crippen MR) is 95.0 cm³/mol. The van der Waals surface area contributed by atoms with Gasteiger partial charge in [-0.25, -0.2) is 9.97 Å². The SMILES string of the molecule is COc1ccc(C)cc1[C@@H](C)NC(=O)c1ccc(-n2ccnc2)nc1. The highest BCUT2D eigenvalue weighted by atomic mass is 16.5. The summed E-state index contributed by atoms with van der Waals surface area (Å²) in [4.78, 5) is 20.8. The summed E-state index contributed by atoms with van der Waals surface area (Å²) in [5.74, 6) is 1.29. The molecule has 2 aromatic heterocycles. The fourth-order valence-electron chi connectivity index (χ4n) is 2.62. The van der Waals surface area contributed by atoms with Gasteiger partial charge in [-0.05, 0) is 32.0 Å². The van der Waals surface area contributed by atoms with Gasteiger partial charge >= 0.3 is 0 Å². The van der Waals surface area contributed by atoms with Crippen molar-refractivity contribution in [3.8, 4) is 11.6 Å². The van der Waals surface area contributed by atoms with Crippen LogP contribution in [0.3, 0.4) is 0 Å². The van der Waals surface area contributed by atoms with Crippen LogP contribution in [0.5, 0.6) is 5.75 Å². The number of aryl methyl sites for hydroxylation is 1. The molecule has 0 radical (unpaired) electrons. The lowest BCUT2D eigenvalue weighted by molar-refractivity contribution is 0.0939. The number of amides is 1. The number of methoxy groups -OCH3 is 1. The van der Waals surface area contributed by atoms with Crippen molar-refractivity contribution in [3.05, 3.63) is 71.9 Å². The van der Waals surface area contributed by atoms with Crippen molar-refractivity contribution < 1.29 is 9.53 Å². The van der Waals surface area contributed by atoms with E-state index in [2.05, 4.69) is 15.3 Å². The molecule has 0 bridgehead atoms. The van der Waals surface area contributed by atoms with E-state index in [4.69, 9.17) is 4.74 Å². The van der Waals surface area contributed by atoms with Crippen LogP contribution in [0.2, 0.25) is 0 Å². The number of aromatic nitrogens is 3. The lowest BCUT2D eigenvalue weighted by atomic mass is 10.0. The van der Waals surface area contributed by atoms with Crippen molar-refractivity contribution in [3.63, 3.8) is 0 Å². The van der Waals surface area contributed by atoms with E-state index in [9.17, 15) is 4.79 Å². The van der Waals surface area contributed by atoms with Crippen molar-refractivity contribution in [2.45, 2.75) is 19.9 Å². The Bertz CT molecular complexity index is 858. The number of nitrogens with zero attached hydrogens (tertiary/aromatic N) is 3. The summed E-state index contributed by atoms with van der Waals surface area (Å²) in [5, 5.41) is 2.99. The Kier molecular flexibility index (Phi) is 4.79. The smallest absolute Gasteiger partial charge is 0.253 e. The van der Waals surface area contributed by atoms with E-state index in [0.29, 0.717) is 11.4 Å². The molecule has 1 atom stereocenters. The zero-order chi connectivity index (χ0) is 17.8. The minimum absolute atomic E-state index is 0.180. The van der Waals surface area contributed by atoms with Crippen LogP contribution < -0.4 is 10.1 Å². The molecule has 0 aliphatic rings. The Balaban J connectivity index is 1.74. The maximum Gasteiger partial charge on any atom is 0.253 e. The number of carbonyl (C=O) groups is 1. The van der Waals surface area contributed by atoms with E-state index >= 15 is 0 Å². The van der Waals surface area contributed by atoms with Gasteiger partial charge in [-0.1, -0.05) is 17.7 Å². The minimum atomic E-state index is -0.185. The number of benzene rings is 1. The highest BCUT2D eigenvalue weighted by Gasteiger charge is 2.15. The Morgan fingerprint density at radius 1 is 1.28 bits per heavy atom. The van der Waals surface area contributed by atoms with Crippen LogP contribution in [0.1, 0.15) is 34.5 Å². The number of hydrogen-bond acceptors (Lipinski definition) is 4. The fourth-order valence-corrected chi connectivity index (χ4v) is 2.62.